The zero-order valence-corrected chi connectivity index (χ0v) is 36.0. The molecule has 1 unspecified atom stereocenters. The molecule has 310 valence electrons. The monoisotopic (exact) mass is 761 g/mol. The first-order valence-electron chi connectivity index (χ1n) is 21.9. The number of hydrogen-bond donors (Lipinski definition) is 1. The average molecular weight is 761 g/mol. The summed E-state index contributed by atoms with van der Waals surface area (Å²) in [5.41, 5.74) is 0. The molecule has 0 aromatic rings. The topological polar surface area (TPSA) is 91.3 Å². The Balaban J connectivity index is 4.21. The average Bonchev–Trinajstić information content (AvgIpc) is 3.09. The van der Waals surface area contributed by atoms with Gasteiger partial charge in [0.1, 0.15) is 19.3 Å². The summed E-state index contributed by atoms with van der Waals surface area (Å²) in [7, 11) is 1.67. The van der Waals surface area contributed by atoms with Crippen molar-refractivity contribution in [2.24, 2.45) is 0 Å². The fourth-order valence-corrected chi connectivity index (χ4v) is 6.88. The first kappa shape index (κ1) is 51.2. The minimum Gasteiger partial charge on any atom is -0.457 e. The van der Waals surface area contributed by atoms with Gasteiger partial charge in [0.05, 0.1) is 34.4 Å². The van der Waals surface area contributed by atoms with Crippen LogP contribution < -0.4 is 0 Å². The Morgan fingerprint density at radius 1 is 0.577 bits per heavy atom. The number of rotatable bonds is 41. The third kappa shape index (κ3) is 40.4. The molecule has 52 heavy (non-hydrogen) atoms. The van der Waals surface area contributed by atoms with Gasteiger partial charge in [-0.15, -0.1) is 0 Å². The zero-order chi connectivity index (χ0) is 38.4. The summed E-state index contributed by atoms with van der Waals surface area (Å²) in [6, 6.07) is 0. The van der Waals surface area contributed by atoms with Gasteiger partial charge in [0.25, 0.3) is 0 Å². The molecule has 8 nitrogen and oxygen atoms in total. The van der Waals surface area contributed by atoms with Crippen LogP contribution in [0, 0.1) is 0 Å². The molecule has 0 aliphatic rings. The lowest BCUT2D eigenvalue weighted by molar-refractivity contribution is -0.870. The number of hydrogen-bond acceptors (Lipinski definition) is 6. The molecule has 0 spiro atoms. The van der Waals surface area contributed by atoms with Gasteiger partial charge in [-0.05, 0) is 38.5 Å². The van der Waals surface area contributed by atoms with Crippen molar-refractivity contribution in [3.8, 4) is 0 Å². The summed E-state index contributed by atoms with van der Waals surface area (Å²) >= 11 is 0. The highest BCUT2D eigenvalue weighted by Gasteiger charge is 2.26. The second-order valence-electron chi connectivity index (χ2n) is 16.1. The fraction of sp³-hybridized carbons (Fsp3) is 0.930. The van der Waals surface area contributed by atoms with Crippen LogP contribution in [0.1, 0.15) is 200 Å². The van der Waals surface area contributed by atoms with Crippen LogP contribution in [0.2, 0.25) is 0 Å². The molecule has 0 rings (SSSR count). The summed E-state index contributed by atoms with van der Waals surface area (Å²) in [6.45, 7) is 5.64. The summed E-state index contributed by atoms with van der Waals surface area (Å²) in [5.74, 6) is -0.319. The molecule has 0 radical (unpaired) electrons. The fourth-order valence-electron chi connectivity index (χ4n) is 6.14. The number of esters is 1. The van der Waals surface area contributed by atoms with Crippen molar-refractivity contribution in [3.63, 3.8) is 0 Å². The predicted octanol–water partition coefficient (Wildman–Crippen LogP) is 12.7. The first-order chi connectivity index (χ1) is 25.1. The van der Waals surface area contributed by atoms with E-state index in [0.29, 0.717) is 24.1 Å². The number of phosphoric ester groups is 1. The van der Waals surface area contributed by atoms with Gasteiger partial charge in [-0.2, -0.15) is 0 Å². The summed E-state index contributed by atoms with van der Waals surface area (Å²) in [4.78, 5) is 22.8. The molecule has 0 aliphatic heterocycles. The second-order valence-corrected chi connectivity index (χ2v) is 17.5. The van der Waals surface area contributed by atoms with Crippen molar-refractivity contribution in [1.29, 1.82) is 0 Å². The van der Waals surface area contributed by atoms with Crippen molar-refractivity contribution in [3.05, 3.63) is 12.2 Å². The number of ether oxygens (including phenoxy) is 2. The summed E-state index contributed by atoms with van der Waals surface area (Å²) < 4.78 is 35.0. The third-order valence-electron chi connectivity index (χ3n) is 9.58. The van der Waals surface area contributed by atoms with E-state index in [1.807, 2.05) is 21.1 Å². The third-order valence-corrected chi connectivity index (χ3v) is 10.6. The highest BCUT2D eigenvalue weighted by molar-refractivity contribution is 7.47. The van der Waals surface area contributed by atoms with Crippen molar-refractivity contribution >= 4 is 13.8 Å². The van der Waals surface area contributed by atoms with Crippen molar-refractivity contribution < 1.29 is 37.3 Å². The van der Waals surface area contributed by atoms with Crippen molar-refractivity contribution in [2.75, 3.05) is 54.1 Å². The SMILES string of the molecule is CCCCCCC/C=C\CCCCCCCC(=O)O[C@H](COCCCCCCCCCCCCCCCCCC)COP(=O)(O)OCC[N+](C)(C)C. The van der Waals surface area contributed by atoms with E-state index in [0.717, 1.165) is 38.5 Å². The number of quaternary nitrogens is 1. The molecule has 0 heterocycles. The van der Waals surface area contributed by atoms with Crippen LogP contribution in [-0.2, 0) is 27.9 Å². The lowest BCUT2D eigenvalue weighted by Crippen LogP contribution is -2.37. The maximum absolute atomic E-state index is 12.7. The van der Waals surface area contributed by atoms with Crippen LogP contribution in [0.5, 0.6) is 0 Å². The molecule has 0 saturated heterocycles. The normalized spacial score (nSPS) is 13.9. The Labute approximate surface area is 322 Å². The first-order valence-corrected chi connectivity index (χ1v) is 23.4. The molecule has 0 fully saturated rings. The second kappa shape index (κ2) is 37.2. The van der Waals surface area contributed by atoms with Gasteiger partial charge in [0.15, 0.2) is 0 Å². The highest BCUT2D eigenvalue weighted by Crippen LogP contribution is 2.43. The van der Waals surface area contributed by atoms with E-state index in [4.69, 9.17) is 18.5 Å². The number of phosphoric acid groups is 1. The molecular formula is C43H87NO7P+. The van der Waals surface area contributed by atoms with Crippen molar-refractivity contribution in [2.45, 2.75) is 206 Å². The van der Waals surface area contributed by atoms with Crippen LogP contribution in [0.25, 0.3) is 0 Å². The van der Waals surface area contributed by atoms with Gasteiger partial charge < -0.3 is 18.9 Å². The minimum atomic E-state index is -4.27. The van der Waals surface area contributed by atoms with Crippen LogP contribution in [-0.4, -0.2) is 75.6 Å². The molecule has 0 aromatic heterocycles. The van der Waals surface area contributed by atoms with Crippen LogP contribution >= 0.6 is 7.82 Å². The van der Waals surface area contributed by atoms with E-state index >= 15 is 0 Å². The number of nitrogens with zero attached hydrogens (tertiary/aromatic N) is 1. The number of carbonyl (C=O) groups excluding carboxylic acids is 1. The quantitative estimate of drug-likeness (QED) is 0.0218. The lowest BCUT2D eigenvalue weighted by Gasteiger charge is -2.24. The van der Waals surface area contributed by atoms with Crippen molar-refractivity contribution in [1.82, 2.24) is 0 Å². The van der Waals surface area contributed by atoms with Crippen LogP contribution in [0.3, 0.4) is 0 Å². The molecule has 1 N–H and O–H groups in total. The van der Waals surface area contributed by atoms with E-state index in [-0.39, 0.29) is 25.8 Å². The molecule has 2 atom stereocenters. The Kier molecular flexibility index (Phi) is 36.6. The maximum atomic E-state index is 12.7. The minimum absolute atomic E-state index is 0.0902. The molecule has 0 bridgehead atoms. The molecule has 0 saturated carbocycles. The van der Waals surface area contributed by atoms with Gasteiger partial charge >= 0.3 is 13.8 Å². The molecular weight excluding hydrogens is 673 g/mol. The van der Waals surface area contributed by atoms with Crippen LogP contribution in [0.15, 0.2) is 12.2 Å². The summed E-state index contributed by atoms with van der Waals surface area (Å²) in [6.07, 6.45) is 39.5. The number of unbranched alkanes of at least 4 members (excludes halogenated alkanes) is 25. The van der Waals surface area contributed by atoms with Gasteiger partial charge in [-0.1, -0.05) is 167 Å². The van der Waals surface area contributed by atoms with Gasteiger partial charge in [-0.25, -0.2) is 4.57 Å². The summed E-state index contributed by atoms with van der Waals surface area (Å²) in [5, 5.41) is 0. The van der Waals surface area contributed by atoms with E-state index < -0.39 is 13.9 Å². The van der Waals surface area contributed by atoms with Gasteiger partial charge in [-0.3, -0.25) is 13.8 Å². The Hall–Kier alpha value is -0.760. The molecule has 9 heteroatoms. The van der Waals surface area contributed by atoms with E-state index in [1.165, 1.54) is 141 Å². The van der Waals surface area contributed by atoms with Crippen LogP contribution in [0.4, 0.5) is 0 Å². The van der Waals surface area contributed by atoms with E-state index in [9.17, 15) is 14.3 Å². The largest absolute Gasteiger partial charge is 0.472 e. The van der Waals surface area contributed by atoms with E-state index in [1.54, 1.807) is 0 Å². The number of allylic oxidation sites excluding steroid dienone is 2. The highest BCUT2D eigenvalue weighted by atomic mass is 31.2. The zero-order valence-electron chi connectivity index (χ0n) is 35.1. The van der Waals surface area contributed by atoms with E-state index in [2.05, 4.69) is 26.0 Å². The number of likely N-dealkylation sites (N-methyl/N-ethyl adjacent to an activating group) is 1. The van der Waals surface area contributed by atoms with Gasteiger partial charge in [0, 0.05) is 13.0 Å². The standard InChI is InChI=1S/C43H86NO7P/c1-6-8-10-12-14-16-18-20-22-23-25-27-29-31-33-35-38-48-40-42(41-50-52(46,47)49-39-37-44(3,4)5)51-43(45)36-34-32-30-28-26-24-21-19-17-15-13-11-9-7-2/h19,21,42H,6-18,20,22-41H2,1-5H3/p+1/b21-19-/t42-/m1/s1. The predicted molar refractivity (Wildman–Crippen MR) is 220 cm³/mol. The lowest BCUT2D eigenvalue weighted by atomic mass is 10.0. The Bertz CT molecular complexity index is 848. The Morgan fingerprint density at radius 3 is 1.46 bits per heavy atom. The maximum Gasteiger partial charge on any atom is 0.472 e. The molecule has 0 aliphatic carbocycles. The molecule has 0 aromatic carbocycles. The van der Waals surface area contributed by atoms with Gasteiger partial charge in [0.2, 0.25) is 0 Å². The number of carbonyl (C=O) groups is 1. The Morgan fingerprint density at radius 2 is 1.00 bits per heavy atom. The smallest absolute Gasteiger partial charge is 0.457 e. The molecule has 0 amide bonds.